The van der Waals surface area contributed by atoms with E-state index in [1.807, 2.05) is 38.7 Å². The van der Waals surface area contributed by atoms with Gasteiger partial charge in [-0.05, 0) is 33.8 Å². The van der Waals surface area contributed by atoms with Crippen molar-refractivity contribution in [2.75, 3.05) is 0 Å². The highest BCUT2D eigenvalue weighted by Crippen LogP contribution is 2.27. The van der Waals surface area contributed by atoms with Gasteiger partial charge in [0, 0.05) is 31.7 Å². The van der Waals surface area contributed by atoms with E-state index in [0.29, 0.717) is 17.0 Å². The van der Waals surface area contributed by atoms with Gasteiger partial charge in [-0.3, -0.25) is 19.1 Å². The summed E-state index contributed by atoms with van der Waals surface area (Å²) in [7, 11) is 3.25. The number of aryl methyl sites for hydroxylation is 2. The highest BCUT2D eigenvalue weighted by Gasteiger charge is 2.26. The van der Waals surface area contributed by atoms with Gasteiger partial charge >= 0.3 is 5.69 Å². The van der Waals surface area contributed by atoms with Crippen molar-refractivity contribution in [2.24, 2.45) is 14.1 Å². The number of hydrogen-bond acceptors (Lipinski definition) is 4. The Kier molecular flexibility index (Phi) is 4.97. The maximum Gasteiger partial charge on any atom is 0.329 e. The molecule has 0 atom stereocenters. The number of aromatic nitrogens is 4. The normalized spacial score (nSPS) is 11.6. The molecule has 148 valence electrons. The fraction of sp³-hybridized carbons (Fsp3) is 0.400. The number of carbonyl (C=O) groups excluding carboxylic acids is 1. The Hall–Kier alpha value is -3.16. The molecule has 8 nitrogen and oxygen atoms in total. The van der Waals surface area contributed by atoms with Crippen LogP contribution in [0.3, 0.4) is 0 Å². The van der Waals surface area contributed by atoms with Crippen molar-refractivity contribution in [1.82, 2.24) is 24.0 Å². The molecule has 1 N–H and O–H groups in total. The van der Waals surface area contributed by atoms with Gasteiger partial charge in [-0.15, -0.1) is 0 Å². The summed E-state index contributed by atoms with van der Waals surface area (Å²) in [6.45, 7) is 7.91. The van der Waals surface area contributed by atoms with E-state index in [9.17, 15) is 14.4 Å². The van der Waals surface area contributed by atoms with Crippen LogP contribution < -0.4 is 11.2 Å². The van der Waals surface area contributed by atoms with Crippen LogP contribution >= 0.6 is 0 Å². The van der Waals surface area contributed by atoms with Crippen molar-refractivity contribution in [3.05, 3.63) is 50.7 Å². The van der Waals surface area contributed by atoms with Crippen LogP contribution in [-0.4, -0.2) is 42.0 Å². The Bertz CT molecular complexity index is 1160. The zero-order chi connectivity index (χ0) is 20.7. The fourth-order valence-electron chi connectivity index (χ4n) is 3.62. The van der Waals surface area contributed by atoms with E-state index in [1.54, 1.807) is 36.9 Å². The molecule has 8 heteroatoms. The standard InChI is InChI=1S/C20H25N5O3/c1-11(2)25(12(3)4)19(27)14-10-8-7-9-13(14)16-21-17-15(23(16)5)18(26)22-20(28)24(17)6/h7-12H,1-6H3,(H,22,26,28). The summed E-state index contributed by atoms with van der Waals surface area (Å²) in [5.74, 6) is 0.355. The average Bonchev–Trinajstić information content (AvgIpc) is 2.97. The van der Waals surface area contributed by atoms with Crippen LogP contribution in [0.25, 0.3) is 22.6 Å². The van der Waals surface area contributed by atoms with Crippen LogP contribution in [0.2, 0.25) is 0 Å². The first-order valence-corrected chi connectivity index (χ1v) is 9.23. The minimum absolute atomic E-state index is 0.0321. The molecular weight excluding hydrogens is 358 g/mol. The van der Waals surface area contributed by atoms with Gasteiger partial charge in [-0.1, -0.05) is 18.2 Å². The topological polar surface area (TPSA) is 93.0 Å². The second kappa shape index (κ2) is 7.10. The summed E-state index contributed by atoms with van der Waals surface area (Å²) in [5.41, 5.74) is 0.641. The largest absolute Gasteiger partial charge is 0.334 e. The maximum absolute atomic E-state index is 13.3. The highest BCUT2D eigenvalue weighted by atomic mass is 16.2. The number of H-pyrrole nitrogens is 1. The molecule has 0 saturated heterocycles. The number of carbonyl (C=O) groups is 1. The lowest BCUT2D eigenvalue weighted by Gasteiger charge is -2.31. The molecule has 2 heterocycles. The first kappa shape index (κ1) is 19.6. The summed E-state index contributed by atoms with van der Waals surface area (Å²) >= 11 is 0. The third-order valence-electron chi connectivity index (χ3n) is 4.88. The molecule has 0 unspecified atom stereocenters. The molecule has 0 spiro atoms. The van der Waals surface area contributed by atoms with E-state index in [0.717, 1.165) is 0 Å². The number of nitrogens with one attached hydrogen (secondary N) is 1. The number of amides is 1. The molecule has 0 radical (unpaired) electrons. The first-order chi connectivity index (χ1) is 13.1. The molecule has 0 aliphatic rings. The Morgan fingerprint density at radius 1 is 1.04 bits per heavy atom. The van der Waals surface area contributed by atoms with Crippen molar-refractivity contribution in [3.63, 3.8) is 0 Å². The Labute approximate surface area is 162 Å². The van der Waals surface area contributed by atoms with E-state index in [-0.39, 0.29) is 29.2 Å². The molecule has 28 heavy (non-hydrogen) atoms. The molecule has 0 fully saturated rings. The van der Waals surface area contributed by atoms with Gasteiger partial charge in [0.2, 0.25) is 0 Å². The second-order valence-corrected chi connectivity index (χ2v) is 7.43. The smallest absolute Gasteiger partial charge is 0.329 e. The fourth-order valence-corrected chi connectivity index (χ4v) is 3.62. The molecule has 3 rings (SSSR count). The van der Waals surface area contributed by atoms with Gasteiger partial charge in [-0.25, -0.2) is 9.78 Å². The Morgan fingerprint density at radius 2 is 1.64 bits per heavy atom. The number of benzene rings is 1. The summed E-state index contributed by atoms with van der Waals surface area (Å²) < 4.78 is 2.91. The molecule has 3 aromatic rings. The van der Waals surface area contributed by atoms with Crippen LogP contribution in [0, 0.1) is 0 Å². The predicted octanol–water partition coefficient (Wildman–Crippen LogP) is 1.89. The van der Waals surface area contributed by atoms with Gasteiger partial charge in [0.15, 0.2) is 11.2 Å². The zero-order valence-electron chi connectivity index (χ0n) is 17.0. The molecule has 0 aliphatic carbocycles. The summed E-state index contributed by atoms with van der Waals surface area (Å²) in [6.07, 6.45) is 0. The summed E-state index contributed by atoms with van der Waals surface area (Å²) in [6, 6.07) is 7.26. The number of nitrogens with zero attached hydrogens (tertiary/aromatic N) is 4. The SMILES string of the molecule is CC(C)N(C(=O)c1ccccc1-c1nc2c(c(=O)[nH]c(=O)n2C)n1C)C(C)C. The Morgan fingerprint density at radius 3 is 2.25 bits per heavy atom. The van der Waals surface area contributed by atoms with Crippen molar-refractivity contribution in [2.45, 2.75) is 39.8 Å². The van der Waals surface area contributed by atoms with Gasteiger partial charge in [0.25, 0.3) is 11.5 Å². The molecule has 0 saturated carbocycles. The third kappa shape index (κ3) is 3.04. The molecule has 1 amide bonds. The predicted molar refractivity (Wildman–Crippen MR) is 108 cm³/mol. The monoisotopic (exact) mass is 383 g/mol. The van der Waals surface area contributed by atoms with Crippen LogP contribution in [0.1, 0.15) is 38.1 Å². The van der Waals surface area contributed by atoms with Crippen LogP contribution in [0.4, 0.5) is 0 Å². The lowest BCUT2D eigenvalue weighted by molar-refractivity contribution is 0.0644. The maximum atomic E-state index is 13.3. The number of hydrogen-bond donors (Lipinski definition) is 1. The van der Waals surface area contributed by atoms with Crippen molar-refractivity contribution >= 4 is 17.1 Å². The Balaban J connectivity index is 2.28. The molecule has 1 aromatic carbocycles. The minimum atomic E-state index is -0.530. The zero-order valence-corrected chi connectivity index (χ0v) is 17.0. The second-order valence-electron chi connectivity index (χ2n) is 7.43. The number of aromatic amines is 1. The lowest BCUT2D eigenvalue weighted by Crippen LogP contribution is -2.42. The number of rotatable bonds is 4. The van der Waals surface area contributed by atoms with Crippen molar-refractivity contribution in [3.8, 4) is 11.4 Å². The minimum Gasteiger partial charge on any atom is -0.334 e. The van der Waals surface area contributed by atoms with Gasteiger partial charge < -0.3 is 9.47 Å². The van der Waals surface area contributed by atoms with Crippen molar-refractivity contribution in [1.29, 1.82) is 0 Å². The first-order valence-electron chi connectivity index (χ1n) is 9.23. The van der Waals surface area contributed by atoms with Gasteiger partial charge in [-0.2, -0.15) is 0 Å². The molecule has 0 aliphatic heterocycles. The quantitative estimate of drug-likeness (QED) is 0.744. The van der Waals surface area contributed by atoms with E-state index in [4.69, 9.17) is 0 Å². The summed E-state index contributed by atoms with van der Waals surface area (Å²) in [4.78, 5) is 46.2. The van der Waals surface area contributed by atoms with Gasteiger partial charge in [0.05, 0.1) is 5.56 Å². The van der Waals surface area contributed by atoms with Crippen LogP contribution in [0.5, 0.6) is 0 Å². The van der Waals surface area contributed by atoms with E-state index >= 15 is 0 Å². The average molecular weight is 383 g/mol. The molecular formula is C20H25N5O3. The van der Waals surface area contributed by atoms with Crippen LogP contribution in [0.15, 0.2) is 33.9 Å². The van der Waals surface area contributed by atoms with Crippen LogP contribution in [-0.2, 0) is 14.1 Å². The molecule has 0 bridgehead atoms. The van der Waals surface area contributed by atoms with Crippen molar-refractivity contribution < 1.29 is 4.79 Å². The number of imidazole rings is 1. The molecule has 2 aromatic heterocycles. The lowest BCUT2D eigenvalue weighted by atomic mass is 10.0. The van der Waals surface area contributed by atoms with E-state index in [2.05, 4.69) is 9.97 Å². The van der Waals surface area contributed by atoms with E-state index < -0.39 is 11.2 Å². The van der Waals surface area contributed by atoms with Gasteiger partial charge in [0.1, 0.15) is 5.82 Å². The van der Waals surface area contributed by atoms with E-state index in [1.165, 1.54) is 4.57 Å². The summed E-state index contributed by atoms with van der Waals surface area (Å²) in [5, 5.41) is 0. The third-order valence-corrected chi connectivity index (χ3v) is 4.88. The number of fused-ring (bicyclic) bond motifs is 1. The highest BCUT2D eigenvalue weighted by molar-refractivity contribution is 6.01.